The molecule has 53 heavy (non-hydrogen) atoms. The van der Waals surface area contributed by atoms with Crippen LogP contribution in [0.4, 0.5) is 0 Å². The molecule has 0 saturated carbocycles. The van der Waals surface area contributed by atoms with E-state index in [1.165, 1.54) is 0 Å². The van der Waals surface area contributed by atoms with Gasteiger partial charge < -0.3 is 9.15 Å². The van der Waals surface area contributed by atoms with Crippen LogP contribution in [0, 0.1) is 0 Å². The molecule has 0 amide bonds. The maximum absolute atomic E-state index is 6.59. The van der Waals surface area contributed by atoms with Gasteiger partial charge in [-0.2, -0.15) is 0 Å². The SMILES string of the molecule is c1ccc(-c2nc(-c3ccccc3)nc(-c3ccc4c(c3)-c3c(-c5nc6ccccc6o5)cccc3C43c4ccccc4Oc4ccccc43)n2)cc1. The minimum atomic E-state index is -0.667. The van der Waals surface area contributed by atoms with E-state index in [1.807, 2.05) is 97.1 Å². The number of ether oxygens (including phenoxy) is 1. The van der Waals surface area contributed by atoms with Crippen molar-refractivity contribution in [1.82, 2.24) is 19.9 Å². The predicted molar refractivity (Wildman–Crippen MR) is 207 cm³/mol. The molecule has 11 rings (SSSR count). The largest absolute Gasteiger partial charge is 0.457 e. The van der Waals surface area contributed by atoms with Gasteiger partial charge >= 0.3 is 0 Å². The fourth-order valence-corrected chi connectivity index (χ4v) is 8.20. The van der Waals surface area contributed by atoms with Gasteiger partial charge in [0.25, 0.3) is 0 Å². The van der Waals surface area contributed by atoms with Gasteiger partial charge in [0.2, 0.25) is 5.89 Å². The summed E-state index contributed by atoms with van der Waals surface area (Å²) in [6.45, 7) is 0. The third-order valence-corrected chi connectivity index (χ3v) is 10.4. The van der Waals surface area contributed by atoms with Crippen LogP contribution in [0.1, 0.15) is 22.3 Å². The standard InChI is InChI=1S/C47H28N4O2/c1-3-14-29(15-4-1)43-49-44(30-16-5-2-6-17-30)51-45(50-43)31-26-27-34-33(28-31)42-32(46-48-38-22-9-12-25-41(38)53-46)18-13-21-37(42)47(34)35-19-7-10-23-39(35)52-40-24-11-8-20-36(40)47/h1-28H. The van der Waals surface area contributed by atoms with Crippen molar-refractivity contribution < 1.29 is 9.15 Å². The van der Waals surface area contributed by atoms with E-state index in [0.29, 0.717) is 23.4 Å². The molecular formula is C47H28N4O2. The van der Waals surface area contributed by atoms with E-state index in [1.54, 1.807) is 0 Å². The van der Waals surface area contributed by atoms with Crippen LogP contribution in [0.5, 0.6) is 11.5 Å². The fourth-order valence-electron chi connectivity index (χ4n) is 8.20. The third kappa shape index (κ3) is 4.39. The van der Waals surface area contributed by atoms with Crippen molar-refractivity contribution in [3.63, 3.8) is 0 Å². The highest BCUT2D eigenvalue weighted by Gasteiger charge is 2.52. The molecule has 9 aromatic rings. The van der Waals surface area contributed by atoms with Crippen LogP contribution in [0.25, 0.3) is 67.8 Å². The minimum absolute atomic E-state index is 0.572. The molecule has 0 fully saturated rings. The summed E-state index contributed by atoms with van der Waals surface area (Å²) in [6.07, 6.45) is 0. The second-order valence-corrected chi connectivity index (χ2v) is 13.4. The molecule has 6 nitrogen and oxygen atoms in total. The van der Waals surface area contributed by atoms with Crippen LogP contribution in [0.15, 0.2) is 174 Å². The molecule has 0 N–H and O–H groups in total. The molecule has 0 bridgehead atoms. The first-order valence-corrected chi connectivity index (χ1v) is 17.6. The first-order valence-electron chi connectivity index (χ1n) is 17.6. The number of hydrogen-bond donors (Lipinski definition) is 0. The summed E-state index contributed by atoms with van der Waals surface area (Å²) in [4.78, 5) is 20.1. The lowest BCUT2D eigenvalue weighted by atomic mass is 9.66. The molecule has 248 valence electrons. The summed E-state index contributed by atoms with van der Waals surface area (Å²) in [5.74, 6) is 4.06. The van der Waals surface area contributed by atoms with Crippen molar-refractivity contribution in [2.75, 3.05) is 0 Å². The molecule has 2 aromatic heterocycles. The number of para-hydroxylation sites is 4. The van der Waals surface area contributed by atoms with E-state index in [9.17, 15) is 0 Å². The van der Waals surface area contributed by atoms with Crippen LogP contribution in [-0.2, 0) is 5.41 Å². The number of benzene rings is 7. The maximum Gasteiger partial charge on any atom is 0.227 e. The summed E-state index contributed by atoms with van der Waals surface area (Å²) < 4.78 is 13.1. The van der Waals surface area contributed by atoms with Gasteiger partial charge in [-0.15, -0.1) is 0 Å². The van der Waals surface area contributed by atoms with E-state index >= 15 is 0 Å². The quantitative estimate of drug-likeness (QED) is 0.184. The van der Waals surface area contributed by atoms with E-state index in [0.717, 1.165) is 78.2 Å². The number of hydrogen-bond acceptors (Lipinski definition) is 6. The van der Waals surface area contributed by atoms with E-state index in [4.69, 9.17) is 29.1 Å². The van der Waals surface area contributed by atoms with Gasteiger partial charge in [0.15, 0.2) is 23.1 Å². The summed E-state index contributed by atoms with van der Waals surface area (Å²) >= 11 is 0. The summed E-state index contributed by atoms with van der Waals surface area (Å²) in [5.41, 5.74) is 11.1. The van der Waals surface area contributed by atoms with Gasteiger partial charge in [-0.3, -0.25) is 0 Å². The van der Waals surface area contributed by atoms with Crippen molar-refractivity contribution in [3.05, 3.63) is 192 Å². The van der Waals surface area contributed by atoms with Gasteiger partial charge in [-0.25, -0.2) is 19.9 Å². The van der Waals surface area contributed by atoms with E-state index < -0.39 is 5.41 Å². The Morgan fingerprint density at radius 3 is 1.62 bits per heavy atom. The van der Waals surface area contributed by atoms with Crippen molar-refractivity contribution >= 4 is 11.1 Å². The highest BCUT2D eigenvalue weighted by atomic mass is 16.5. The Morgan fingerprint density at radius 2 is 0.962 bits per heavy atom. The summed E-state index contributed by atoms with van der Waals surface area (Å²) in [6, 6.07) is 57.9. The molecule has 6 heteroatoms. The van der Waals surface area contributed by atoms with Gasteiger partial charge in [0.1, 0.15) is 17.0 Å². The van der Waals surface area contributed by atoms with Crippen LogP contribution in [0.3, 0.4) is 0 Å². The molecule has 1 aliphatic heterocycles. The molecule has 0 radical (unpaired) electrons. The molecule has 0 atom stereocenters. The summed E-state index contributed by atoms with van der Waals surface area (Å²) in [5, 5.41) is 0. The first kappa shape index (κ1) is 29.5. The average molecular weight is 681 g/mol. The monoisotopic (exact) mass is 680 g/mol. The molecule has 1 spiro atoms. The predicted octanol–water partition coefficient (Wildman–Crippen LogP) is 11.1. The molecule has 0 saturated heterocycles. The van der Waals surface area contributed by atoms with Crippen molar-refractivity contribution in [2.24, 2.45) is 0 Å². The van der Waals surface area contributed by atoms with Gasteiger partial charge in [0, 0.05) is 33.4 Å². The zero-order chi connectivity index (χ0) is 34.9. The van der Waals surface area contributed by atoms with Gasteiger partial charge in [-0.1, -0.05) is 133 Å². The molecule has 1 aliphatic carbocycles. The summed E-state index contributed by atoms with van der Waals surface area (Å²) in [7, 11) is 0. The van der Waals surface area contributed by atoms with Gasteiger partial charge in [0.05, 0.1) is 5.41 Å². The Morgan fingerprint density at radius 1 is 0.396 bits per heavy atom. The Hall–Kier alpha value is -7.18. The second-order valence-electron chi connectivity index (χ2n) is 13.4. The Balaban J connectivity index is 1.21. The van der Waals surface area contributed by atoms with E-state index in [2.05, 4.69) is 72.8 Å². The third-order valence-electron chi connectivity index (χ3n) is 10.4. The zero-order valence-corrected chi connectivity index (χ0v) is 28.3. The van der Waals surface area contributed by atoms with Crippen LogP contribution >= 0.6 is 0 Å². The van der Waals surface area contributed by atoms with Crippen LogP contribution in [0.2, 0.25) is 0 Å². The zero-order valence-electron chi connectivity index (χ0n) is 28.3. The second kappa shape index (κ2) is 11.4. The molecule has 0 unspecified atom stereocenters. The lowest BCUT2D eigenvalue weighted by Gasteiger charge is -2.39. The molecule has 2 aliphatic rings. The smallest absolute Gasteiger partial charge is 0.227 e. The molecule has 3 heterocycles. The molecular weight excluding hydrogens is 653 g/mol. The highest BCUT2D eigenvalue weighted by molar-refractivity contribution is 5.97. The minimum Gasteiger partial charge on any atom is -0.457 e. The number of nitrogens with zero attached hydrogens (tertiary/aromatic N) is 4. The van der Waals surface area contributed by atoms with Gasteiger partial charge in [-0.05, 0) is 58.7 Å². The average Bonchev–Trinajstić information content (AvgIpc) is 3.79. The van der Waals surface area contributed by atoms with Crippen molar-refractivity contribution in [2.45, 2.75) is 5.41 Å². The lowest BCUT2D eigenvalue weighted by Crippen LogP contribution is -2.32. The Kier molecular flexibility index (Phi) is 6.36. The number of rotatable bonds is 4. The maximum atomic E-state index is 6.59. The van der Waals surface area contributed by atoms with Crippen LogP contribution in [-0.4, -0.2) is 19.9 Å². The first-order chi connectivity index (χ1) is 26.3. The van der Waals surface area contributed by atoms with Crippen LogP contribution < -0.4 is 4.74 Å². The Labute approximate surface area is 305 Å². The topological polar surface area (TPSA) is 73.9 Å². The number of oxazole rings is 1. The fraction of sp³-hybridized carbons (Fsp3) is 0.0213. The van der Waals surface area contributed by atoms with Crippen molar-refractivity contribution in [3.8, 4) is 68.2 Å². The highest BCUT2D eigenvalue weighted by Crippen LogP contribution is 2.63. The normalized spacial score (nSPS) is 13.2. The number of fused-ring (bicyclic) bond motifs is 10. The van der Waals surface area contributed by atoms with Crippen molar-refractivity contribution in [1.29, 1.82) is 0 Å². The molecule has 7 aromatic carbocycles. The van der Waals surface area contributed by atoms with E-state index in [-0.39, 0.29) is 0 Å². The Bertz CT molecular complexity index is 2750. The lowest BCUT2D eigenvalue weighted by molar-refractivity contribution is 0.436. The number of aromatic nitrogens is 4.